The molecule has 0 unspecified atom stereocenters. The highest BCUT2D eigenvalue weighted by Crippen LogP contribution is 2.37. The molecule has 0 atom stereocenters. The Hall–Kier alpha value is -4.85. The van der Waals surface area contributed by atoms with Gasteiger partial charge in [0.1, 0.15) is 0 Å². The third-order valence-electron chi connectivity index (χ3n) is 5.47. The van der Waals surface area contributed by atoms with Crippen LogP contribution in [-0.2, 0) is 20.7 Å². The minimum atomic E-state index is -4.42. The largest absolute Gasteiger partial charge is 0.425 e. The Morgan fingerprint density at radius 1 is 0.590 bits per heavy atom. The summed E-state index contributed by atoms with van der Waals surface area (Å²) >= 11 is 0. The maximum absolute atomic E-state index is 11.8. The van der Waals surface area contributed by atoms with Crippen molar-refractivity contribution in [3.63, 3.8) is 0 Å². The van der Waals surface area contributed by atoms with Crippen LogP contribution >= 0.6 is 0 Å². The first kappa shape index (κ1) is 27.2. The molecule has 0 fully saturated rings. The van der Waals surface area contributed by atoms with Crippen LogP contribution < -0.4 is 5.73 Å². The molecule has 13 heteroatoms. The number of azo groups is 2. The zero-order valence-corrected chi connectivity index (χ0v) is 21.5. The van der Waals surface area contributed by atoms with Gasteiger partial charge in [0, 0.05) is 27.2 Å². The number of anilines is 1. The molecule has 3 N–H and O–H groups in total. The van der Waals surface area contributed by atoms with E-state index in [0.29, 0.717) is 39.2 Å². The summed E-state index contributed by atoms with van der Waals surface area (Å²) in [6.07, 6.45) is 0. The Bertz CT molecular complexity index is 1960. The van der Waals surface area contributed by atoms with Crippen LogP contribution in [0, 0.1) is 0 Å². The molecule has 0 bridgehead atoms. The normalized spacial score (nSPS) is 11.6. The first-order valence-electron chi connectivity index (χ1n) is 11.1. The number of hydrogen-bond donors (Lipinski definition) is 2. The first-order valence-corrected chi connectivity index (χ1v) is 13.5. The molecular weight excluding hydrogens is 542 g/mol. The predicted octanol–water partition coefficient (Wildman–Crippen LogP) is 6.65. The molecule has 5 aromatic rings. The monoisotopic (exact) mass is 561 g/mol. The minimum Gasteiger partial charge on any atom is -0.398 e. The Labute approximate surface area is 224 Å². The number of nitrogens with two attached hydrogens (primary N) is 1. The number of rotatable bonds is 5. The molecule has 196 valence electrons. The highest BCUT2D eigenvalue weighted by molar-refractivity contribution is 7.85. The van der Waals surface area contributed by atoms with Crippen molar-refractivity contribution in [2.24, 2.45) is 20.5 Å². The lowest BCUT2D eigenvalue weighted by molar-refractivity contribution is 0.483. The van der Waals surface area contributed by atoms with Gasteiger partial charge in [-0.1, -0.05) is 48.5 Å². The molecule has 0 aliphatic rings. The van der Waals surface area contributed by atoms with E-state index in [9.17, 15) is 13.0 Å². The lowest BCUT2D eigenvalue weighted by atomic mass is 10.1. The second-order valence-corrected chi connectivity index (χ2v) is 9.78. The summed E-state index contributed by atoms with van der Waals surface area (Å²) in [5, 5.41) is 20.2. The lowest BCUT2D eigenvalue weighted by Gasteiger charge is -2.07. The van der Waals surface area contributed by atoms with Crippen molar-refractivity contribution < 1.29 is 25.6 Å². The number of nitrogen functional groups attached to an aromatic ring is 1. The van der Waals surface area contributed by atoms with Gasteiger partial charge < -0.3 is 5.73 Å². The smallest absolute Gasteiger partial charge is 0.398 e. The first-order chi connectivity index (χ1) is 18.6. The van der Waals surface area contributed by atoms with Crippen molar-refractivity contribution in [2.45, 2.75) is 4.90 Å². The topological polar surface area (TPSA) is 181 Å². The molecule has 0 radical (unpaired) electrons. The Balaban J connectivity index is 0.000000826. The molecule has 5 rings (SSSR count). The molecule has 0 heterocycles. The van der Waals surface area contributed by atoms with Gasteiger partial charge in [0.25, 0.3) is 10.1 Å². The van der Waals surface area contributed by atoms with E-state index in [1.165, 1.54) is 12.1 Å². The van der Waals surface area contributed by atoms with Gasteiger partial charge in [-0.3, -0.25) is 4.55 Å². The number of nitrogens with zero attached hydrogens (tertiary/aromatic N) is 4. The van der Waals surface area contributed by atoms with Crippen LogP contribution in [0.3, 0.4) is 0 Å². The quantitative estimate of drug-likeness (QED) is 0.137. The SMILES string of the molecule is Nc1ccc(N=Nc2ccc(N=Nc3ccccc3)c3ccc(S(=O)(=O)O)cc23)c2ccccc12.O=S(=O)=O. The highest BCUT2D eigenvalue weighted by atomic mass is 32.2. The standard InChI is InChI=1S/C26H19N5O3S.O3S/c27-23-12-13-24(20-9-5-4-8-19(20)23)30-31-26-15-14-25(29-28-17-6-2-1-3-7-17)21-11-10-18(16-22(21)26)35(32,33)34;1-4(2)3/h1-16H,27H2,(H,32,33,34);. The van der Waals surface area contributed by atoms with Gasteiger partial charge in [0.15, 0.2) is 0 Å². The van der Waals surface area contributed by atoms with Crippen LogP contribution in [0.5, 0.6) is 0 Å². The van der Waals surface area contributed by atoms with Crippen LogP contribution in [-0.4, -0.2) is 25.6 Å². The average molecular weight is 562 g/mol. The van der Waals surface area contributed by atoms with Crippen molar-refractivity contribution in [1.29, 1.82) is 0 Å². The zero-order chi connectivity index (χ0) is 28.0. The molecule has 0 aliphatic heterocycles. The van der Waals surface area contributed by atoms with E-state index in [1.807, 2.05) is 54.6 Å². The third-order valence-corrected chi connectivity index (χ3v) is 6.32. The van der Waals surface area contributed by atoms with Gasteiger partial charge >= 0.3 is 10.6 Å². The van der Waals surface area contributed by atoms with E-state index < -0.39 is 20.7 Å². The second-order valence-electron chi connectivity index (χ2n) is 7.95. The summed E-state index contributed by atoms with van der Waals surface area (Å²) in [6, 6.07) is 28.0. The van der Waals surface area contributed by atoms with Crippen molar-refractivity contribution in [2.75, 3.05) is 5.73 Å². The number of benzene rings is 5. The summed E-state index contributed by atoms with van der Waals surface area (Å²) < 4.78 is 58.5. The van der Waals surface area contributed by atoms with E-state index in [1.54, 1.807) is 30.3 Å². The van der Waals surface area contributed by atoms with Gasteiger partial charge in [-0.05, 0) is 48.5 Å². The van der Waals surface area contributed by atoms with E-state index >= 15 is 0 Å². The molecule has 39 heavy (non-hydrogen) atoms. The van der Waals surface area contributed by atoms with Gasteiger partial charge in [0.2, 0.25) is 0 Å². The molecular formula is C26H19N5O6S2. The van der Waals surface area contributed by atoms with Gasteiger partial charge in [-0.2, -0.15) is 13.5 Å². The Kier molecular flexibility index (Phi) is 8.15. The van der Waals surface area contributed by atoms with E-state index in [2.05, 4.69) is 20.5 Å². The van der Waals surface area contributed by atoms with Crippen LogP contribution in [0.1, 0.15) is 0 Å². The molecule has 5 aromatic carbocycles. The van der Waals surface area contributed by atoms with Crippen molar-refractivity contribution in [3.05, 3.63) is 97.1 Å². The Morgan fingerprint density at radius 3 is 1.69 bits per heavy atom. The fraction of sp³-hybridized carbons (Fsp3) is 0. The van der Waals surface area contributed by atoms with Crippen LogP contribution in [0.25, 0.3) is 21.5 Å². The molecule has 0 saturated carbocycles. The summed E-state index contributed by atoms with van der Waals surface area (Å²) in [5.41, 5.74) is 8.93. The maximum Gasteiger partial charge on any atom is 0.425 e. The molecule has 0 aromatic heterocycles. The van der Waals surface area contributed by atoms with Crippen LogP contribution in [0.2, 0.25) is 0 Å². The van der Waals surface area contributed by atoms with E-state index in [0.717, 1.165) is 10.8 Å². The third kappa shape index (κ3) is 6.73. The number of fused-ring (bicyclic) bond motifs is 2. The van der Waals surface area contributed by atoms with Gasteiger partial charge in [-0.25, -0.2) is 0 Å². The molecule has 0 spiro atoms. The summed E-state index contributed by atoms with van der Waals surface area (Å²) in [6.45, 7) is 0. The molecule has 0 amide bonds. The van der Waals surface area contributed by atoms with Crippen molar-refractivity contribution in [3.8, 4) is 0 Å². The number of hydrogen-bond acceptors (Lipinski definition) is 10. The van der Waals surface area contributed by atoms with Crippen molar-refractivity contribution in [1.82, 2.24) is 0 Å². The molecule has 0 aliphatic carbocycles. The van der Waals surface area contributed by atoms with E-state index in [4.69, 9.17) is 18.4 Å². The second kappa shape index (κ2) is 11.7. The summed E-state index contributed by atoms with van der Waals surface area (Å²) in [5.74, 6) is 0. The van der Waals surface area contributed by atoms with Crippen molar-refractivity contribution >= 4 is 70.7 Å². The average Bonchev–Trinajstić information content (AvgIpc) is 2.91. The Morgan fingerprint density at radius 2 is 1.08 bits per heavy atom. The summed E-state index contributed by atoms with van der Waals surface area (Å²) in [7, 11) is -7.53. The van der Waals surface area contributed by atoms with Gasteiger partial charge in [0.05, 0.1) is 27.6 Å². The fourth-order valence-corrected chi connectivity index (χ4v) is 4.25. The molecule has 11 nitrogen and oxygen atoms in total. The van der Waals surface area contributed by atoms with Crippen LogP contribution in [0.15, 0.2) is 122 Å². The predicted molar refractivity (Wildman–Crippen MR) is 147 cm³/mol. The van der Waals surface area contributed by atoms with Crippen LogP contribution in [0.4, 0.5) is 28.4 Å². The lowest BCUT2D eigenvalue weighted by Crippen LogP contribution is -1.97. The zero-order valence-electron chi connectivity index (χ0n) is 19.9. The fourth-order valence-electron chi connectivity index (χ4n) is 3.74. The maximum atomic E-state index is 11.8. The summed E-state index contributed by atoms with van der Waals surface area (Å²) in [4.78, 5) is -0.253. The minimum absolute atomic E-state index is 0.253. The highest BCUT2D eigenvalue weighted by Gasteiger charge is 2.14. The molecule has 0 saturated heterocycles. The van der Waals surface area contributed by atoms with Gasteiger partial charge in [-0.15, -0.1) is 28.0 Å². The van der Waals surface area contributed by atoms with E-state index in [-0.39, 0.29) is 4.90 Å².